The van der Waals surface area contributed by atoms with Crippen LogP contribution in [0.15, 0.2) is 42.5 Å². The van der Waals surface area contributed by atoms with Crippen molar-refractivity contribution >= 4 is 34.8 Å². The van der Waals surface area contributed by atoms with Gasteiger partial charge in [-0.05, 0) is 56.7 Å². The highest BCUT2D eigenvalue weighted by Crippen LogP contribution is 2.34. The number of anilines is 2. The number of nitrogens with one attached hydrogen (secondary N) is 2. The van der Waals surface area contributed by atoms with Crippen molar-refractivity contribution in [2.45, 2.75) is 44.9 Å². The van der Waals surface area contributed by atoms with E-state index in [2.05, 4.69) is 10.6 Å². The van der Waals surface area contributed by atoms with E-state index in [-0.39, 0.29) is 24.0 Å². The molecule has 0 bridgehead atoms. The van der Waals surface area contributed by atoms with Crippen LogP contribution in [0.4, 0.5) is 11.4 Å². The average Bonchev–Trinajstić information content (AvgIpc) is 2.82. The van der Waals surface area contributed by atoms with Crippen LogP contribution in [0.25, 0.3) is 0 Å². The van der Waals surface area contributed by atoms with E-state index in [0.29, 0.717) is 35.8 Å². The largest absolute Gasteiger partial charge is 0.380 e. The number of nitrogens with zero attached hydrogens (tertiary/aromatic N) is 1. The highest BCUT2D eigenvalue weighted by molar-refractivity contribution is 6.30. The molecular weight excluding hydrogens is 402 g/mol. The van der Waals surface area contributed by atoms with Crippen molar-refractivity contribution in [3.63, 3.8) is 0 Å². The van der Waals surface area contributed by atoms with Crippen LogP contribution in [0.1, 0.15) is 49.2 Å². The van der Waals surface area contributed by atoms with Crippen LogP contribution in [0.2, 0.25) is 5.02 Å². The summed E-state index contributed by atoms with van der Waals surface area (Å²) in [5.41, 5.74) is 2.53. The summed E-state index contributed by atoms with van der Waals surface area (Å²) in [7, 11) is 0. The van der Waals surface area contributed by atoms with E-state index >= 15 is 0 Å². The fourth-order valence-corrected chi connectivity index (χ4v) is 4.17. The van der Waals surface area contributed by atoms with E-state index in [1.807, 2.05) is 56.0 Å². The van der Waals surface area contributed by atoms with E-state index < -0.39 is 5.54 Å². The molecule has 2 amide bonds. The number of hydrogen-bond donors (Lipinski definition) is 2. The van der Waals surface area contributed by atoms with Gasteiger partial charge in [-0.1, -0.05) is 23.7 Å². The Labute approximate surface area is 181 Å². The van der Waals surface area contributed by atoms with Crippen molar-refractivity contribution in [1.29, 1.82) is 0 Å². The van der Waals surface area contributed by atoms with E-state index in [1.54, 1.807) is 12.1 Å². The lowest BCUT2D eigenvalue weighted by atomic mass is 9.96. The molecule has 7 heteroatoms. The minimum absolute atomic E-state index is 0.0105. The zero-order valence-electron chi connectivity index (χ0n) is 17.4. The number of morpholine rings is 1. The molecule has 2 aliphatic heterocycles. The molecule has 2 aromatic carbocycles. The van der Waals surface area contributed by atoms with Gasteiger partial charge in [0.1, 0.15) is 6.10 Å². The van der Waals surface area contributed by atoms with Crippen molar-refractivity contribution < 1.29 is 14.3 Å². The maximum Gasteiger partial charge on any atom is 0.254 e. The lowest BCUT2D eigenvalue weighted by molar-refractivity contribution is -0.116. The molecule has 0 aromatic heterocycles. The van der Waals surface area contributed by atoms with Gasteiger partial charge in [0.15, 0.2) is 0 Å². The molecule has 6 nitrogen and oxygen atoms in total. The highest BCUT2D eigenvalue weighted by atomic mass is 35.5. The van der Waals surface area contributed by atoms with Gasteiger partial charge in [0.2, 0.25) is 5.91 Å². The molecule has 2 heterocycles. The fraction of sp³-hybridized carbons (Fsp3) is 0.391. The van der Waals surface area contributed by atoms with Crippen molar-refractivity contribution in [1.82, 2.24) is 4.90 Å². The second kappa shape index (κ2) is 7.93. The first-order valence-corrected chi connectivity index (χ1v) is 10.5. The predicted octanol–water partition coefficient (Wildman–Crippen LogP) is 4.47. The standard InChI is InChI=1S/C23H26ClN3O3/c1-14-9-21(28)26-18-8-7-16(11-19(18)25-14)22(29)27-12-20(30-13-23(27,2)3)15-5-4-6-17(24)10-15/h4-8,10-11,14,20,25H,9,12-13H2,1-3H3,(H,26,28). The summed E-state index contributed by atoms with van der Waals surface area (Å²) in [5.74, 6) is -0.102. The SMILES string of the molecule is CC1CC(=O)Nc2ccc(C(=O)N3CC(c4cccc(Cl)c4)OCC3(C)C)cc2N1. The molecule has 2 aliphatic rings. The number of halogens is 1. The number of rotatable bonds is 2. The van der Waals surface area contributed by atoms with Gasteiger partial charge < -0.3 is 20.3 Å². The van der Waals surface area contributed by atoms with E-state index in [0.717, 1.165) is 11.3 Å². The normalized spacial score (nSPS) is 23.1. The van der Waals surface area contributed by atoms with E-state index in [4.69, 9.17) is 16.3 Å². The summed E-state index contributed by atoms with van der Waals surface area (Å²) < 4.78 is 6.07. The van der Waals surface area contributed by atoms with Crippen molar-refractivity contribution in [3.05, 3.63) is 58.6 Å². The second-order valence-corrected chi connectivity index (χ2v) is 9.08. The van der Waals surface area contributed by atoms with Crippen LogP contribution in [-0.2, 0) is 9.53 Å². The van der Waals surface area contributed by atoms with Gasteiger partial charge >= 0.3 is 0 Å². The van der Waals surface area contributed by atoms with Crippen LogP contribution >= 0.6 is 11.6 Å². The molecule has 4 rings (SSSR count). The first-order chi connectivity index (χ1) is 14.2. The Morgan fingerprint density at radius 2 is 2.00 bits per heavy atom. The van der Waals surface area contributed by atoms with Crippen LogP contribution in [0.5, 0.6) is 0 Å². The maximum absolute atomic E-state index is 13.5. The zero-order chi connectivity index (χ0) is 21.5. The molecule has 158 valence electrons. The first-order valence-electron chi connectivity index (χ1n) is 10.1. The molecular formula is C23H26ClN3O3. The molecule has 2 N–H and O–H groups in total. The third-order valence-electron chi connectivity index (χ3n) is 5.62. The summed E-state index contributed by atoms with van der Waals surface area (Å²) in [4.78, 5) is 27.3. The molecule has 0 aliphatic carbocycles. The number of carbonyl (C=O) groups is 2. The first kappa shape index (κ1) is 20.7. The third kappa shape index (κ3) is 4.16. The Bertz CT molecular complexity index is 991. The van der Waals surface area contributed by atoms with Crippen LogP contribution in [-0.4, -0.2) is 41.4 Å². The highest BCUT2D eigenvalue weighted by Gasteiger charge is 2.39. The Hall–Kier alpha value is -2.57. The molecule has 0 radical (unpaired) electrons. The monoisotopic (exact) mass is 427 g/mol. The zero-order valence-corrected chi connectivity index (χ0v) is 18.1. The fourth-order valence-electron chi connectivity index (χ4n) is 3.97. The van der Waals surface area contributed by atoms with Gasteiger partial charge in [0, 0.05) is 23.0 Å². The van der Waals surface area contributed by atoms with Crippen LogP contribution < -0.4 is 10.6 Å². The van der Waals surface area contributed by atoms with Gasteiger partial charge in [-0.15, -0.1) is 0 Å². The Kier molecular flexibility index (Phi) is 5.47. The molecule has 0 spiro atoms. The van der Waals surface area contributed by atoms with Crippen molar-refractivity contribution in [2.24, 2.45) is 0 Å². The van der Waals surface area contributed by atoms with Gasteiger partial charge in [-0.25, -0.2) is 0 Å². The van der Waals surface area contributed by atoms with Crippen molar-refractivity contribution in [2.75, 3.05) is 23.8 Å². The van der Waals surface area contributed by atoms with Crippen molar-refractivity contribution in [3.8, 4) is 0 Å². The molecule has 2 aromatic rings. The summed E-state index contributed by atoms with van der Waals surface area (Å²) >= 11 is 6.14. The predicted molar refractivity (Wildman–Crippen MR) is 118 cm³/mol. The Morgan fingerprint density at radius 3 is 2.77 bits per heavy atom. The topological polar surface area (TPSA) is 70.7 Å². The van der Waals surface area contributed by atoms with Crippen LogP contribution in [0.3, 0.4) is 0 Å². The summed E-state index contributed by atoms with van der Waals surface area (Å²) in [6.45, 7) is 6.81. The van der Waals surface area contributed by atoms with Gasteiger partial charge in [0.25, 0.3) is 5.91 Å². The maximum atomic E-state index is 13.5. The van der Waals surface area contributed by atoms with E-state index in [9.17, 15) is 9.59 Å². The minimum Gasteiger partial charge on any atom is -0.380 e. The molecule has 1 fully saturated rings. The summed E-state index contributed by atoms with van der Waals surface area (Å²) in [6.07, 6.45) is 0.148. The number of hydrogen-bond acceptors (Lipinski definition) is 4. The lowest BCUT2D eigenvalue weighted by Gasteiger charge is -2.45. The number of benzene rings is 2. The number of amides is 2. The average molecular weight is 428 g/mol. The molecule has 0 saturated carbocycles. The quantitative estimate of drug-likeness (QED) is 0.741. The van der Waals surface area contributed by atoms with Gasteiger partial charge in [-0.3, -0.25) is 9.59 Å². The minimum atomic E-state index is -0.451. The third-order valence-corrected chi connectivity index (χ3v) is 5.85. The molecule has 2 atom stereocenters. The van der Waals surface area contributed by atoms with Gasteiger partial charge in [0.05, 0.1) is 30.1 Å². The number of carbonyl (C=O) groups excluding carboxylic acids is 2. The smallest absolute Gasteiger partial charge is 0.254 e. The van der Waals surface area contributed by atoms with E-state index in [1.165, 1.54) is 0 Å². The summed E-state index contributed by atoms with van der Waals surface area (Å²) in [6, 6.07) is 12.9. The Balaban J connectivity index is 1.61. The number of fused-ring (bicyclic) bond motifs is 1. The Morgan fingerprint density at radius 1 is 1.20 bits per heavy atom. The lowest BCUT2D eigenvalue weighted by Crippen LogP contribution is -2.56. The van der Waals surface area contributed by atoms with Crippen LogP contribution in [0, 0.1) is 0 Å². The molecule has 2 unspecified atom stereocenters. The second-order valence-electron chi connectivity index (χ2n) is 8.64. The summed E-state index contributed by atoms with van der Waals surface area (Å²) in [5, 5.41) is 6.85. The molecule has 1 saturated heterocycles. The van der Waals surface area contributed by atoms with Gasteiger partial charge in [-0.2, -0.15) is 0 Å². The number of ether oxygens (including phenoxy) is 1. The molecule has 30 heavy (non-hydrogen) atoms.